The van der Waals surface area contributed by atoms with E-state index in [4.69, 9.17) is 14.6 Å². The Labute approximate surface area is 192 Å². The van der Waals surface area contributed by atoms with Gasteiger partial charge in [-0.05, 0) is 29.8 Å². The molecule has 1 N–H and O–H groups in total. The van der Waals surface area contributed by atoms with Gasteiger partial charge in [0.05, 0.1) is 23.2 Å². The number of carbonyl (C=O) groups is 2. The van der Waals surface area contributed by atoms with Gasteiger partial charge in [0.1, 0.15) is 11.6 Å². The molecule has 1 unspecified atom stereocenters. The predicted octanol–water partition coefficient (Wildman–Crippen LogP) is 4.47. The van der Waals surface area contributed by atoms with Gasteiger partial charge >= 0.3 is 0 Å². The number of hydrogen-bond acceptors (Lipinski definition) is 7. The number of ketones is 2. The van der Waals surface area contributed by atoms with Gasteiger partial charge in [-0.15, -0.1) is 0 Å². The van der Waals surface area contributed by atoms with Crippen molar-refractivity contribution in [3.63, 3.8) is 0 Å². The number of rotatable bonds is 3. The van der Waals surface area contributed by atoms with E-state index in [1.165, 1.54) is 11.3 Å². The van der Waals surface area contributed by atoms with Crippen molar-refractivity contribution in [1.29, 1.82) is 0 Å². The first kappa shape index (κ1) is 19.8. The number of aliphatic imine (C=N–C) groups is 1. The Morgan fingerprint density at radius 1 is 0.970 bits per heavy atom. The lowest BCUT2D eigenvalue weighted by Gasteiger charge is -2.24. The molecule has 1 spiro atoms. The molecule has 3 aromatic carbocycles. The maximum Gasteiger partial charge on any atom is 0.234 e. The first-order valence-corrected chi connectivity index (χ1v) is 11.1. The van der Waals surface area contributed by atoms with E-state index < -0.39 is 11.5 Å². The second-order valence-electron chi connectivity index (χ2n) is 7.81. The molecular weight excluding hydrogens is 438 g/mol. The lowest BCUT2D eigenvalue weighted by atomic mass is 9.78. The Morgan fingerprint density at radius 2 is 1.64 bits per heavy atom. The van der Waals surface area contributed by atoms with Gasteiger partial charge < -0.3 is 4.74 Å². The molecule has 8 heteroatoms. The van der Waals surface area contributed by atoms with Crippen LogP contribution in [0.3, 0.4) is 0 Å². The van der Waals surface area contributed by atoms with Gasteiger partial charge in [-0.2, -0.15) is 0 Å². The fourth-order valence-corrected chi connectivity index (χ4v) is 5.32. The molecule has 2 aliphatic rings. The second-order valence-corrected chi connectivity index (χ2v) is 8.82. The predicted molar refractivity (Wildman–Crippen MR) is 125 cm³/mol. The number of benzene rings is 3. The highest BCUT2D eigenvalue weighted by atomic mass is 32.1. The van der Waals surface area contributed by atoms with Crippen molar-refractivity contribution in [3.05, 3.63) is 89.5 Å². The number of methoxy groups -OCH3 is 1. The zero-order chi connectivity index (χ0) is 22.6. The molecule has 1 aliphatic heterocycles. The fourth-order valence-electron chi connectivity index (χ4n) is 4.47. The van der Waals surface area contributed by atoms with Gasteiger partial charge in [-0.25, -0.2) is 9.98 Å². The van der Waals surface area contributed by atoms with Crippen LogP contribution in [0, 0.1) is 0 Å². The molecular formula is C25H17N3O4S. The van der Waals surface area contributed by atoms with Crippen LogP contribution in [-0.2, 0) is 4.84 Å². The molecule has 4 aromatic rings. The van der Waals surface area contributed by atoms with E-state index in [0.29, 0.717) is 33.4 Å². The summed E-state index contributed by atoms with van der Waals surface area (Å²) in [5.74, 6) is -0.523. The maximum absolute atomic E-state index is 13.6. The minimum atomic E-state index is -1.77. The van der Waals surface area contributed by atoms with Gasteiger partial charge in [0.2, 0.25) is 22.3 Å². The summed E-state index contributed by atoms with van der Waals surface area (Å²) in [6, 6.07) is 21.7. The van der Waals surface area contributed by atoms with Crippen molar-refractivity contribution >= 4 is 44.1 Å². The Morgan fingerprint density at radius 3 is 2.30 bits per heavy atom. The molecule has 0 bridgehead atoms. The van der Waals surface area contributed by atoms with Crippen LogP contribution in [-0.4, -0.2) is 35.1 Å². The number of aromatic nitrogens is 1. The van der Waals surface area contributed by atoms with Crippen molar-refractivity contribution in [3.8, 4) is 5.75 Å². The number of nitrogens with zero attached hydrogens (tertiary/aromatic N) is 2. The Kier molecular flexibility index (Phi) is 4.39. The van der Waals surface area contributed by atoms with Crippen molar-refractivity contribution in [1.82, 2.24) is 10.5 Å². The molecule has 2 heterocycles. The summed E-state index contributed by atoms with van der Waals surface area (Å²) in [6.07, 6.45) is 0. The number of amidine groups is 1. The van der Waals surface area contributed by atoms with Crippen LogP contribution in [0.15, 0.2) is 77.8 Å². The summed E-state index contributed by atoms with van der Waals surface area (Å²) < 4.78 is 6.27. The highest BCUT2D eigenvalue weighted by Gasteiger charge is 2.65. The molecule has 1 aromatic heterocycles. The van der Waals surface area contributed by atoms with Crippen LogP contribution in [0.4, 0.5) is 5.13 Å². The monoisotopic (exact) mass is 455 g/mol. The molecule has 7 nitrogen and oxygen atoms in total. The summed E-state index contributed by atoms with van der Waals surface area (Å²) in [7, 11) is 1.58. The Bertz CT molecular complexity index is 1390. The number of hydroxylamine groups is 1. The lowest BCUT2D eigenvalue weighted by molar-refractivity contribution is -0.0171. The summed E-state index contributed by atoms with van der Waals surface area (Å²) in [6.45, 7) is 0. The van der Waals surface area contributed by atoms with Crippen LogP contribution in [0.2, 0.25) is 0 Å². The van der Waals surface area contributed by atoms with Crippen molar-refractivity contribution < 1.29 is 19.2 Å². The van der Waals surface area contributed by atoms with Crippen LogP contribution in [0.25, 0.3) is 10.2 Å². The van der Waals surface area contributed by atoms with Crippen LogP contribution < -0.4 is 10.2 Å². The molecule has 0 amide bonds. The minimum absolute atomic E-state index is 0.351. The number of ether oxygens (including phenoxy) is 1. The van der Waals surface area contributed by atoms with Gasteiger partial charge in [0.25, 0.3) is 0 Å². The number of thiazole rings is 1. The summed E-state index contributed by atoms with van der Waals surface area (Å²) >= 11 is 1.42. The third-order valence-electron chi connectivity index (χ3n) is 6.04. The summed E-state index contributed by atoms with van der Waals surface area (Å²) in [5.41, 5.74) is 3.27. The molecule has 0 radical (unpaired) electrons. The fraction of sp³-hybridized carbons (Fsp3) is 0.120. The number of para-hydroxylation sites is 1. The van der Waals surface area contributed by atoms with Crippen LogP contribution in [0.5, 0.6) is 5.75 Å². The third-order valence-corrected chi connectivity index (χ3v) is 6.97. The van der Waals surface area contributed by atoms with Gasteiger partial charge in [0, 0.05) is 11.1 Å². The highest BCUT2D eigenvalue weighted by molar-refractivity contribution is 7.22. The van der Waals surface area contributed by atoms with E-state index in [-0.39, 0.29) is 11.6 Å². The van der Waals surface area contributed by atoms with E-state index in [0.717, 1.165) is 10.2 Å². The van der Waals surface area contributed by atoms with Gasteiger partial charge in [-0.3, -0.25) is 19.9 Å². The molecule has 1 saturated heterocycles. The van der Waals surface area contributed by atoms with E-state index in [9.17, 15) is 9.59 Å². The van der Waals surface area contributed by atoms with E-state index in [2.05, 4.69) is 10.5 Å². The molecule has 1 aliphatic carbocycles. The summed E-state index contributed by atoms with van der Waals surface area (Å²) in [4.78, 5) is 42.3. The van der Waals surface area contributed by atoms with Crippen molar-refractivity contribution in [2.75, 3.05) is 7.11 Å². The molecule has 33 heavy (non-hydrogen) atoms. The number of hydrogen-bond donors (Lipinski definition) is 1. The molecule has 162 valence electrons. The van der Waals surface area contributed by atoms with E-state index >= 15 is 0 Å². The largest absolute Gasteiger partial charge is 0.497 e. The molecule has 1 atom stereocenters. The van der Waals surface area contributed by atoms with Crippen molar-refractivity contribution in [2.45, 2.75) is 11.5 Å². The Hall–Kier alpha value is -3.88. The maximum atomic E-state index is 13.6. The third kappa shape index (κ3) is 2.84. The number of Topliss-reactive ketones (excluding diaryl/α,β-unsaturated/α-hetero) is 2. The number of fused-ring (bicyclic) bond motifs is 2. The van der Waals surface area contributed by atoms with E-state index in [1.807, 2.05) is 36.4 Å². The summed E-state index contributed by atoms with van der Waals surface area (Å²) in [5, 5.41) is 0.508. The quantitative estimate of drug-likeness (QED) is 0.459. The zero-order valence-corrected chi connectivity index (χ0v) is 18.3. The smallest absolute Gasteiger partial charge is 0.234 e. The molecule has 0 saturated carbocycles. The van der Waals surface area contributed by atoms with E-state index in [1.54, 1.807) is 43.5 Å². The second kappa shape index (κ2) is 7.33. The first-order chi connectivity index (χ1) is 16.1. The normalized spacial score (nSPS) is 19.9. The zero-order valence-electron chi connectivity index (χ0n) is 17.4. The van der Waals surface area contributed by atoms with Crippen LogP contribution in [0.1, 0.15) is 32.2 Å². The highest BCUT2D eigenvalue weighted by Crippen LogP contribution is 2.46. The molecule has 1 fully saturated rings. The Balaban J connectivity index is 1.52. The topological polar surface area (TPSA) is 89.9 Å². The first-order valence-electron chi connectivity index (χ1n) is 10.3. The average molecular weight is 455 g/mol. The number of carbonyl (C=O) groups excluding carboxylic acids is 2. The minimum Gasteiger partial charge on any atom is -0.497 e. The standard InChI is InChI=1S/C25H17N3O4S/c1-31-15-12-10-14(11-13-15)20-23(27-24-26-18-8-4-5-9-19(18)33-24)28-32-25(20)21(29)16-6-2-3-7-17(16)22(25)30/h2-13,20H,1H3,(H,26,27,28). The van der Waals surface area contributed by atoms with Gasteiger partial charge in [0.15, 0.2) is 0 Å². The van der Waals surface area contributed by atoms with Gasteiger partial charge in [-0.1, -0.05) is 59.9 Å². The van der Waals surface area contributed by atoms with Crippen molar-refractivity contribution in [2.24, 2.45) is 4.99 Å². The lowest BCUT2D eigenvalue weighted by Crippen LogP contribution is -2.46. The number of nitrogens with one attached hydrogen (secondary N) is 1. The molecule has 6 rings (SSSR count). The SMILES string of the molecule is COc1ccc(C2/C(=N/c3nc4ccccc4s3)NOC23C(=O)c2ccccc2C3=O)cc1. The van der Waals surface area contributed by atoms with Crippen LogP contribution >= 0.6 is 11.3 Å². The average Bonchev–Trinajstić information content (AvgIpc) is 3.50.